The SMILES string of the molecule is CCC(N)(CC)c1nc2nccnc2s1. The van der Waals surface area contributed by atoms with Gasteiger partial charge in [0, 0.05) is 12.4 Å². The minimum Gasteiger partial charge on any atom is -0.319 e. The Hall–Kier alpha value is -1.07. The van der Waals surface area contributed by atoms with Crippen LogP contribution in [0.15, 0.2) is 12.4 Å². The summed E-state index contributed by atoms with van der Waals surface area (Å²) in [5.74, 6) is 0. The van der Waals surface area contributed by atoms with Crippen LogP contribution in [-0.2, 0) is 5.54 Å². The summed E-state index contributed by atoms with van der Waals surface area (Å²) >= 11 is 1.54. The Bertz CT molecular complexity index is 428. The average molecular weight is 222 g/mol. The Morgan fingerprint density at radius 2 is 1.93 bits per heavy atom. The second-order valence-corrected chi connectivity index (χ2v) is 4.54. The van der Waals surface area contributed by atoms with Crippen LogP contribution in [0.25, 0.3) is 10.5 Å². The lowest BCUT2D eigenvalue weighted by atomic mass is 9.95. The molecule has 2 aromatic heterocycles. The third-order valence-electron chi connectivity index (χ3n) is 2.74. The van der Waals surface area contributed by atoms with Gasteiger partial charge in [0.25, 0.3) is 0 Å². The maximum absolute atomic E-state index is 6.27. The third-order valence-corrected chi connectivity index (χ3v) is 3.91. The number of thiazole rings is 1. The summed E-state index contributed by atoms with van der Waals surface area (Å²) in [6.07, 6.45) is 5.09. The lowest BCUT2D eigenvalue weighted by Crippen LogP contribution is -2.34. The van der Waals surface area contributed by atoms with E-state index < -0.39 is 0 Å². The van der Waals surface area contributed by atoms with Crippen molar-refractivity contribution in [3.05, 3.63) is 17.4 Å². The monoisotopic (exact) mass is 222 g/mol. The average Bonchev–Trinajstić information content (AvgIpc) is 2.72. The largest absolute Gasteiger partial charge is 0.319 e. The molecule has 0 radical (unpaired) electrons. The van der Waals surface area contributed by atoms with E-state index in [0.717, 1.165) is 22.7 Å². The predicted octanol–water partition coefficient (Wildman–Crippen LogP) is 2.06. The molecule has 5 heteroatoms. The molecule has 15 heavy (non-hydrogen) atoms. The Kier molecular flexibility index (Phi) is 2.67. The van der Waals surface area contributed by atoms with Crippen LogP contribution in [0.4, 0.5) is 0 Å². The number of nitrogens with zero attached hydrogens (tertiary/aromatic N) is 3. The molecule has 0 fully saturated rings. The van der Waals surface area contributed by atoms with Crippen molar-refractivity contribution < 1.29 is 0 Å². The van der Waals surface area contributed by atoms with Crippen molar-refractivity contribution in [3.63, 3.8) is 0 Å². The molecule has 2 heterocycles. The highest BCUT2D eigenvalue weighted by Crippen LogP contribution is 2.30. The number of rotatable bonds is 3. The molecule has 2 rings (SSSR count). The first-order valence-corrected chi connectivity index (χ1v) is 5.88. The van der Waals surface area contributed by atoms with Gasteiger partial charge in [0.1, 0.15) is 5.01 Å². The van der Waals surface area contributed by atoms with Crippen molar-refractivity contribution in [2.45, 2.75) is 32.2 Å². The molecule has 0 amide bonds. The number of aromatic nitrogens is 3. The minimum atomic E-state index is -0.326. The van der Waals surface area contributed by atoms with Crippen molar-refractivity contribution in [1.82, 2.24) is 15.0 Å². The van der Waals surface area contributed by atoms with Gasteiger partial charge in [-0.3, -0.25) is 0 Å². The van der Waals surface area contributed by atoms with Crippen molar-refractivity contribution in [1.29, 1.82) is 0 Å². The van der Waals surface area contributed by atoms with Gasteiger partial charge in [0.15, 0.2) is 10.5 Å². The molecule has 2 aromatic rings. The molecule has 0 saturated carbocycles. The molecule has 0 aliphatic carbocycles. The molecular weight excluding hydrogens is 208 g/mol. The molecule has 0 saturated heterocycles. The van der Waals surface area contributed by atoms with Crippen molar-refractivity contribution in [2.75, 3.05) is 0 Å². The van der Waals surface area contributed by atoms with Crippen LogP contribution >= 0.6 is 11.3 Å². The van der Waals surface area contributed by atoms with E-state index in [-0.39, 0.29) is 5.54 Å². The maximum Gasteiger partial charge on any atom is 0.189 e. The predicted molar refractivity (Wildman–Crippen MR) is 61.7 cm³/mol. The molecule has 0 bridgehead atoms. The summed E-state index contributed by atoms with van der Waals surface area (Å²) in [5, 5.41) is 0.939. The number of nitrogens with two attached hydrogens (primary N) is 1. The maximum atomic E-state index is 6.27. The van der Waals surface area contributed by atoms with E-state index in [0.29, 0.717) is 5.65 Å². The minimum absolute atomic E-state index is 0.326. The highest BCUT2D eigenvalue weighted by atomic mass is 32.1. The summed E-state index contributed by atoms with van der Waals surface area (Å²) in [6, 6.07) is 0. The van der Waals surface area contributed by atoms with Crippen molar-refractivity contribution >= 4 is 21.8 Å². The van der Waals surface area contributed by atoms with Crippen LogP contribution in [0.2, 0.25) is 0 Å². The van der Waals surface area contributed by atoms with Gasteiger partial charge in [-0.25, -0.2) is 15.0 Å². The number of hydrogen-bond donors (Lipinski definition) is 1. The summed E-state index contributed by atoms with van der Waals surface area (Å²) < 4.78 is 0. The van der Waals surface area contributed by atoms with Gasteiger partial charge in [-0.05, 0) is 12.8 Å². The van der Waals surface area contributed by atoms with E-state index in [1.54, 1.807) is 23.7 Å². The Labute approximate surface area is 92.6 Å². The molecule has 0 atom stereocenters. The topological polar surface area (TPSA) is 64.7 Å². The highest BCUT2D eigenvalue weighted by molar-refractivity contribution is 7.18. The van der Waals surface area contributed by atoms with Crippen molar-refractivity contribution in [3.8, 4) is 0 Å². The fourth-order valence-electron chi connectivity index (χ4n) is 1.44. The van der Waals surface area contributed by atoms with E-state index in [2.05, 4.69) is 28.8 Å². The van der Waals surface area contributed by atoms with Gasteiger partial charge < -0.3 is 5.73 Å². The summed E-state index contributed by atoms with van der Waals surface area (Å²) in [7, 11) is 0. The smallest absolute Gasteiger partial charge is 0.189 e. The van der Waals surface area contributed by atoms with E-state index in [1.807, 2.05) is 0 Å². The van der Waals surface area contributed by atoms with Gasteiger partial charge in [-0.2, -0.15) is 0 Å². The first kappa shape index (κ1) is 10.4. The van der Waals surface area contributed by atoms with Gasteiger partial charge in [0.05, 0.1) is 5.54 Å². The number of fused-ring (bicyclic) bond motifs is 1. The zero-order valence-corrected chi connectivity index (χ0v) is 9.71. The fourth-order valence-corrected chi connectivity index (χ4v) is 2.55. The van der Waals surface area contributed by atoms with E-state index in [1.165, 1.54) is 0 Å². The Morgan fingerprint density at radius 1 is 1.27 bits per heavy atom. The first-order chi connectivity index (χ1) is 7.19. The second-order valence-electron chi connectivity index (χ2n) is 3.57. The van der Waals surface area contributed by atoms with Crippen molar-refractivity contribution in [2.24, 2.45) is 5.73 Å². The molecule has 0 spiro atoms. The van der Waals surface area contributed by atoms with Gasteiger partial charge in [0.2, 0.25) is 0 Å². The van der Waals surface area contributed by atoms with Gasteiger partial charge >= 0.3 is 0 Å². The zero-order chi connectivity index (χ0) is 10.9. The first-order valence-electron chi connectivity index (χ1n) is 5.06. The van der Waals surface area contributed by atoms with E-state index in [9.17, 15) is 0 Å². The number of hydrogen-bond acceptors (Lipinski definition) is 5. The Balaban J connectivity index is 2.52. The van der Waals surface area contributed by atoms with Crippen LogP contribution in [-0.4, -0.2) is 15.0 Å². The molecule has 0 aliphatic rings. The van der Waals surface area contributed by atoms with E-state index >= 15 is 0 Å². The molecule has 80 valence electrons. The van der Waals surface area contributed by atoms with E-state index in [4.69, 9.17) is 5.73 Å². The van der Waals surface area contributed by atoms with Crippen LogP contribution in [0.5, 0.6) is 0 Å². The van der Waals surface area contributed by atoms with Crippen LogP contribution in [0.3, 0.4) is 0 Å². The highest BCUT2D eigenvalue weighted by Gasteiger charge is 2.27. The molecule has 2 N–H and O–H groups in total. The van der Waals surface area contributed by atoms with Crippen LogP contribution < -0.4 is 5.73 Å². The fraction of sp³-hybridized carbons (Fsp3) is 0.500. The summed E-state index contributed by atoms with van der Waals surface area (Å²) in [4.78, 5) is 13.7. The molecule has 0 aliphatic heterocycles. The van der Waals surface area contributed by atoms with Crippen LogP contribution in [0.1, 0.15) is 31.7 Å². The summed E-state index contributed by atoms with van der Waals surface area (Å²) in [5.41, 5.74) is 6.65. The summed E-state index contributed by atoms with van der Waals surface area (Å²) in [6.45, 7) is 4.16. The second kappa shape index (κ2) is 3.83. The molecular formula is C10H14N4S. The molecule has 0 aromatic carbocycles. The molecule has 4 nitrogen and oxygen atoms in total. The molecule has 0 unspecified atom stereocenters. The quantitative estimate of drug-likeness (QED) is 0.863. The lowest BCUT2D eigenvalue weighted by molar-refractivity contribution is 0.411. The Morgan fingerprint density at radius 3 is 2.53 bits per heavy atom. The third kappa shape index (κ3) is 1.72. The lowest BCUT2D eigenvalue weighted by Gasteiger charge is -2.23. The van der Waals surface area contributed by atoms with Gasteiger partial charge in [-0.15, -0.1) is 0 Å². The zero-order valence-electron chi connectivity index (χ0n) is 8.90. The normalized spacial score (nSPS) is 12.2. The van der Waals surface area contributed by atoms with Crippen LogP contribution in [0, 0.1) is 0 Å². The van der Waals surface area contributed by atoms with Gasteiger partial charge in [-0.1, -0.05) is 25.2 Å². The standard InChI is InChI=1S/C10H14N4S/c1-3-10(11,4-2)9-14-7-8(15-9)13-6-5-12-7/h5-6H,3-4,11H2,1-2H3.